The average molecular weight is 453 g/mol. The van der Waals surface area contributed by atoms with Crippen molar-refractivity contribution >= 4 is 17.6 Å². The van der Waals surface area contributed by atoms with Gasteiger partial charge in [-0.1, -0.05) is 36.9 Å². The summed E-state index contributed by atoms with van der Waals surface area (Å²) in [5.74, 6) is -0.314. The maximum absolute atomic E-state index is 13.4. The SMILES string of the molecule is C=C1NC(C)(Cc2ccccc2)C(=O)N(C)/C1=C\c1cccn2cc(-c3ccc(F)cc3)nc12. The molecule has 5 rings (SSSR count). The van der Waals surface area contributed by atoms with Gasteiger partial charge < -0.3 is 14.6 Å². The van der Waals surface area contributed by atoms with E-state index in [0.29, 0.717) is 17.8 Å². The van der Waals surface area contributed by atoms with Crippen LogP contribution in [0.5, 0.6) is 0 Å². The molecule has 1 amide bonds. The van der Waals surface area contributed by atoms with Gasteiger partial charge >= 0.3 is 0 Å². The number of hydrogen-bond acceptors (Lipinski definition) is 3. The fraction of sp³-hybridized carbons (Fsp3) is 0.143. The van der Waals surface area contributed by atoms with Gasteiger partial charge in [0.05, 0.1) is 17.1 Å². The molecule has 0 aliphatic carbocycles. The largest absolute Gasteiger partial charge is 0.370 e. The minimum atomic E-state index is -0.792. The number of hydrogen-bond donors (Lipinski definition) is 1. The topological polar surface area (TPSA) is 49.6 Å². The number of carbonyl (C=O) groups is 1. The normalized spacial score (nSPS) is 19.6. The number of amides is 1. The highest BCUT2D eigenvalue weighted by atomic mass is 19.1. The van der Waals surface area contributed by atoms with Gasteiger partial charge in [-0.05, 0) is 55.0 Å². The van der Waals surface area contributed by atoms with Crippen LogP contribution in [0.15, 0.2) is 97.1 Å². The lowest BCUT2D eigenvalue weighted by Gasteiger charge is -2.42. The van der Waals surface area contributed by atoms with Crippen LogP contribution in [0.4, 0.5) is 4.39 Å². The predicted octanol–water partition coefficient (Wildman–Crippen LogP) is 5.06. The van der Waals surface area contributed by atoms with E-state index in [9.17, 15) is 9.18 Å². The zero-order valence-corrected chi connectivity index (χ0v) is 19.1. The van der Waals surface area contributed by atoms with Crippen molar-refractivity contribution in [1.29, 1.82) is 0 Å². The van der Waals surface area contributed by atoms with Crippen LogP contribution in [-0.2, 0) is 11.2 Å². The zero-order valence-electron chi connectivity index (χ0n) is 19.1. The number of nitrogens with zero attached hydrogens (tertiary/aromatic N) is 3. The van der Waals surface area contributed by atoms with Gasteiger partial charge in [0, 0.05) is 37.0 Å². The third-order valence-corrected chi connectivity index (χ3v) is 6.22. The van der Waals surface area contributed by atoms with Gasteiger partial charge in [-0.2, -0.15) is 0 Å². The Kier molecular flexibility index (Phi) is 5.28. The molecule has 1 aliphatic heterocycles. The number of halogens is 1. The molecular weight excluding hydrogens is 427 g/mol. The van der Waals surface area contributed by atoms with Crippen LogP contribution in [0.1, 0.15) is 18.1 Å². The molecule has 3 heterocycles. The van der Waals surface area contributed by atoms with Crippen molar-refractivity contribution in [3.05, 3.63) is 114 Å². The van der Waals surface area contributed by atoms with E-state index in [-0.39, 0.29) is 11.7 Å². The third kappa shape index (κ3) is 3.88. The van der Waals surface area contributed by atoms with Gasteiger partial charge in [0.2, 0.25) is 0 Å². The number of carbonyl (C=O) groups excluding carboxylic acids is 1. The van der Waals surface area contributed by atoms with Crippen LogP contribution in [0, 0.1) is 5.82 Å². The highest BCUT2D eigenvalue weighted by Gasteiger charge is 2.41. The summed E-state index contributed by atoms with van der Waals surface area (Å²) in [6.07, 6.45) is 6.30. The summed E-state index contributed by atoms with van der Waals surface area (Å²) >= 11 is 0. The summed E-state index contributed by atoms with van der Waals surface area (Å²) in [5.41, 5.74) is 4.81. The Morgan fingerprint density at radius 2 is 1.82 bits per heavy atom. The van der Waals surface area contributed by atoms with E-state index in [1.165, 1.54) is 12.1 Å². The summed E-state index contributed by atoms with van der Waals surface area (Å²) in [4.78, 5) is 19.8. The van der Waals surface area contributed by atoms with Crippen LogP contribution in [0.25, 0.3) is 23.0 Å². The van der Waals surface area contributed by atoms with Crippen molar-refractivity contribution in [2.75, 3.05) is 7.05 Å². The van der Waals surface area contributed by atoms with Crippen molar-refractivity contribution in [2.24, 2.45) is 0 Å². The molecule has 4 aromatic rings. The number of benzene rings is 2. The van der Waals surface area contributed by atoms with Crippen molar-refractivity contribution in [1.82, 2.24) is 19.6 Å². The Morgan fingerprint density at radius 3 is 2.56 bits per heavy atom. The summed E-state index contributed by atoms with van der Waals surface area (Å²) in [5, 5.41) is 3.36. The first-order valence-electron chi connectivity index (χ1n) is 11.1. The Hall–Kier alpha value is -4.19. The lowest BCUT2D eigenvalue weighted by Crippen LogP contribution is -2.60. The van der Waals surface area contributed by atoms with Crippen LogP contribution < -0.4 is 5.32 Å². The number of imidazole rings is 1. The van der Waals surface area contributed by atoms with Gasteiger partial charge in [0.25, 0.3) is 5.91 Å². The molecule has 1 aliphatic rings. The van der Waals surface area contributed by atoms with Crippen molar-refractivity contribution in [2.45, 2.75) is 18.9 Å². The Balaban J connectivity index is 1.49. The van der Waals surface area contributed by atoms with E-state index in [1.54, 1.807) is 24.1 Å². The summed E-state index contributed by atoms with van der Waals surface area (Å²) in [6.45, 7) is 6.13. The van der Waals surface area contributed by atoms with E-state index < -0.39 is 5.54 Å². The molecule has 170 valence electrons. The van der Waals surface area contributed by atoms with E-state index in [2.05, 4.69) is 11.9 Å². The molecule has 5 nitrogen and oxygen atoms in total. The van der Waals surface area contributed by atoms with Gasteiger partial charge in [0.1, 0.15) is 17.0 Å². The van der Waals surface area contributed by atoms with Crippen LogP contribution in [0.2, 0.25) is 0 Å². The molecule has 0 spiro atoms. The summed E-state index contributed by atoms with van der Waals surface area (Å²) in [7, 11) is 1.78. The van der Waals surface area contributed by atoms with E-state index in [4.69, 9.17) is 4.98 Å². The first kappa shape index (κ1) is 21.6. The van der Waals surface area contributed by atoms with Gasteiger partial charge in [-0.3, -0.25) is 4.79 Å². The second kappa shape index (κ2) is 8.30. The summed E-state index contributed by atoms with van der Waals surface area (Å²) < 4.78 is 15.3. The van der Waals surface area contributed by atoms with E-state index >= 15 is 0 Å². The molecule has 1 unspecified atom stereocenters. The van der Waals surface area contributed by atoms with Crippen molar-refractivity contribution < 1.29 is 9.18 Å². The van der Waals surface area contributed by atoms with Gasteiger partial charge in [0.15, 0.2) is 0 Å². The Morgan fingerprint density at radius 1 is 1.09 bits per heavy atom. The number of aromatic nitrogens is 2. The van der Waals surface area contributed by atoms with Crippen molar-refractivity contribution in [3.8, 4) is 11.3 Å². The average Bonchev–Trinajstić information content (AvgIpc) is 3.27. The molecular formula is C28H25FN4O. The minimum absolute atomic E-state index is 0.0303. The molecule has 1 fully saturated rings. The third-order valence-electron chi connectivity index (χ3n) is 6.22. The highest BCUT2D eigenvalue weighted by Crippen LogP contribution is 2.30. The second-order valence-corrected chi connectivity index (χ2v) is 8.82. The number of pyridine rings is 1. The second-order valence-electron chi connectivity index (χ2n) is 8.82. The maximum Gasteiger partial charge on any atom is 0.252 e. The lowest BCUT2D eigenvalue weighted by molar-refractivity contribution is -0.135. The standard InChI is InChI=1S/C28H25FN4O/c1-19-25(32(3)27(34)28(2,31-19)17-20-8-5-4-6-9-20)16-22-10-7-15-33-18-24(30-26(22)33)21-11-13-23(29)14-12-21/h4-16,18,31H,1,17H2,2-3H3/b25-16-. The Labute approximate surface area is 197 Å². The predicted molar refractivity (Wildman–Crippen MR) is 132 cm³/mol. The van der Waals surface area contributed by atoms with Crippen LogP contribution >= 0.6 is 0 Å². The Bertz CT molecular complexity index is 1420. The van der Waals surface area contributed by atoms with Crippen LogP contribution in [-0.4, -0.2) is 32.8 Å². The molecule has 2 aromatic carbocycles. The number of nitrogens with one attached hydrogen (secondary N) is 1. The van der Waals surface area contributed by atoms with Gasteiger partial charge in [-0.15, -0.1) is 0 Å². The fourth-order valence-corrected chi connectivity index (χ4v) is 4.49. The molecule has 6 heteroatoms. The van der Waals surface area contributed by atoms with E-state index in [0.717, 1.165) is 28.0 Å². The highest BCUT2D eigenvalue weighted by molar-refractivity contribution is 5.92. The fourth-order valence-electron chi connectivity index (χ4n) is 4.49. The number of fused-ring (bicyclic) bond motifs is 1. The monoisotopic (exact) mass is 452 g/mol. The molecule has 1 N–H and O–H groups in total. The van der Waals surface area contributed by atoms with E-state index in [1.807, 2.05) is 72.3 Å². The first-order valence-corrected chi connectivity index (χ1v) is 11.1. The van der Waals surface area contributed by atoms with Crippen molar-refractivity contribution in [3.63, 3.8) is 0 Å². The smallest absolute Gasteiger partial charge is 0.252 e. The molecule has 1 saturated heterocycles. The number of likely N-dealkylation sites (N-methyl/N-ethyl adjacent to an activating group) is 1. The molecule has 1 atom stereocenters. The molecule has 0 radical (unpaired) electrons. The quantitative estimate of drug-likeness (QED) is 0.471. The van der Waals surface area contributed by atoms with Crippen LogP contribution in [0.3, 0.4) is 0 Å². The zero-order chi connectivity index (χ0) is 23.9. The minimum Gasteiger partial charge on any atom is -0.370 e. The number of rotatable bonds is 4. The molecule has 2 aromatic heterocycles. The maximum atomic E-state index is 13.4. The molecule has 0 saturated carbocycles. The molecule has 0 bridgehead atoms. The first-order chi connectivity index (χ1) is 16.3. The van der Waals surface area contributed by atoms with Gasteiger partial charge in [-0.25, -0.2) is 9.37 Å². The lowest BCUT2D eigenvalue weighted by atomic mass is 9.88. The summed E-state index contributed by atoms with van der Waals surface area (Å²) in [6, 6.07) is 20.1. The number of piperazine rings is 1. The molecule has 34 heavy (non-hydrogen) atoms.